The lowest BCUT2D eigenvalue weighted by Gasteiger charge is -2.07. The predicted octanol–water partition coefficient (Wildman–Crippen LogP) is 4.58. The molecule has 4 aromatic rings. The standard InChI is InChI=1S/C22H13NO7/c24-19(11-10-14-5-3-6-15(13-14)23(26)27)30-22-20(25)16-7-1-2-8-17(16)29-21(22)18-9-4-12-28-18/h1-13H. The van der Waals surface area contributed by atoms with Gasteiger partial charge in [-0.05, 0) is 35.9 Å². The van der Waals surface area contributed by atoms with Gasteiger partial charge in [-0.25, -0.2) is 4.79 Å². The molecule has 8 nitrogen and oxygen atoms in total. The quantitative estimate of drug-likeness (QED) is 0.207. The summed E-state index contributed by atoms with van der Waals surface area (Å²) in [6.07, 6.45) is 3.82. The first-order valence-electron chi connectivity index (χ1n) is 8.77. The van der Waals surface area contributed by atoms with E-state index in [0.29, 0.717) is 11.1 Å². The zero-order valence-electron chi connectivity index (χ0n) is 15.3. The molecule has 0 atom stereocenters. The van der Waals surface area contributed by atoms with E-state index in [2.05, 4.69) is 0 Å². The molecule has 0 saturated heterocycles. The van der Waals surface area contributed by atoms with Crippen molar-refractivity contribution in [1.29, 1.82) is 0 Å². The Bertz CT molecular complexity index is 1330. The fourth-order valence-electron chi connectivity index (χ4n) is 2.83. The molecule has 148 valence electrons. The maximum Gasteiger partial charge on any atom is 0.336 e. The van der Waals surface area contributed by atoms with E-state index in [-0.39, 0.29) is 28.3 Å². The van der Waals surface area contributed by atoms with Crippen molar-refractivity contribution in [3.05, 3.63) is 98.9 Å². The van der Waals surface area contributed by atoms with Crippen LogP contribution in [0.25, 0.3) is 28.6 Å². The van der Waals surface area contributed by atoms with Gasteiger partial charge >= 0.3 is 5.97 Å². The molecular weight excluding hydrogens is 390 g/mol. The number of rotatable bonds is 5. The lowest BCUT2D eigenvalue weighted by molar-refractivity contribution is -0.384. The number of furan rings is 1. The Kier molecular flexibility index (Phi) is 4.96. The second-order valence-corrected chi connectivity index (χ2v) is 6.17. The van der Waals surface area contributed by atoms with E-state index in [1.807, 2.05) is 0 Å². The molecule has 0 aliphatic heterocycles. The van der Waals surface area contributed by atoms with Crippen LogP contribution in [0.1, 0.15) is 5.56 Å². The van der Waals surface area contributed by atoms with Gasteiger partial charge in [0.2, 0.25) is 16.9 Å². The smallest absolute Gasteiger partial charge is 0.336 e. The van der Waals surface area contributed by atoms with Crippen molar-refractivity contribution >= 4 is 28.7 Å². The van der Waals surface area contributed by atoms with Crippen molar-refractivity contribution in [3.8, 4) is 17.3 Å². The van der Waals surface area contributed by atoms with Crippen molar-refractivity contribution in [3.63, 3.8) is 0 Å². The fraction of sp³-hybridized carbons (Fsp3) is 0. The van der Waals surface area contributed by atoms with Crippen LogP contribution < -0.4 is 10.2 Å². The Morgan fingerprint density at radius 3 is 2.67 bits per heavy atom. The zero-order chi connectivity index (χ0) is 21.1. The highest BCUT2D eigenvalue weighted by Crippen LogP contribution is 2.31. The summed E-state index contributed by atoms with van der Waals surface area (Å²) in [5.74, 6) is -0.946. The number of non-ortho nitro benzene ring substituents is 1. The zero-order valence-corrected chi connectivity index (χ0v) is 15.3. The predicted molar refractivity (Wildman–Crippen MR) is 108 cm³/mol. The van der Waals surface area contributed by atoms with Crippen molar-refractivity contribution in [2.24, 2.45) is 0 Å². The van der Waals surface area contributed by atoms with Gasteiger partial charge in [-0.3, -0.25) is 14.9 Å². The highest BCUT2D eigenvalue weighted by molar-refractivity contribution is 5.90. The molecule has 0 unspecified atom stereocenters. The Hall–Kier alpha value is -4.46. The normalized spacial score (nSPS) is 11.1. The molecule has 0 saturated carbocycles. The van der Waals surface area contributed by atoms with Crippen molar-refractivity contribution in [2.45, 2.75) is 0 Å². The highest BCUT2D eigenvalue weighted by Gasteiger charge is 2.21. The molecule has 30 heavy (non-hydrogen) atoms. The SMILES string of the molecule is O=C(C=Cc1cccc([N+](=O)[O-])c1)Oc1c(-c2ccco2)oc2ccccc2c1=O. The third kappa shape index (κ3) is 3.74. The number of hydrogen-bond acceptors (Lipinski definition) is 7. The number of para-hydroxylation sites is 1. The van der Waals surface area contributed by atoms with Crippen molar-refractivity contribution in [2.75, 3.05) is 0 Å². The molecule has 0 fully saturated rings. The van der Waals surface area contributed by atoms with Crippen LogP contribution >= 0.6 is 0 Å². The monoisotopic (exact) mass is 403 g/mol. The second kappa shape index (κ2) is 7.88. The fourth-order valence-corrected chi connectivity index (χ4v) is 2.83. The van der Waals surface area contributed by atoms with E-state index >= 15 is 0 Å². The molecule has 8 heteroatoms. The van der Waals surface area contributed by atoms with E-state index in [0.717, 1.165) is 6.08 Å². The minimum Gasteiger partial charge on any atom is -0.461 e. The number of hydrogen-bond donors (Lipinski definition) is 0. The van der Waals surface area contributed by atoms with Gasteiger partial charge < -0.3 is 13.6 Å². The molecule has 0 aliphatic rings. The van der Waals surface area contributed by atoms with Gasteiger partial charge in [-0.15, -0.1) is 0 Å². The molecule has 0 aliphatic carbocycles. The van der Waals surface area contributed by atoms with E-state index in [4.69, 9.17) is 13.6 Å². The van der Waals surface area contributed by atoms with E-state index in [1.54, 1.807) is 42.5 Å². The molecule has 0 bridgehead atoms. The average molecular weight is 403 g/mol. The number of nitro benzene ring substituents is 1. The Labute approximate surface area is 168 Å². The molecular formula is C22H13NO7. The molecule has 2 aromatic carbocycles. The number of esters is 1. The Morgan fingerprint density at radius 1 is 1.07 bits per heavy atom. The first-order chi connectivity index (χ1) is 14.5. The first-order valence-corrected chi connectivity index (χ1v) is 8.77. The lowest BCUT2D eigenvalue weighted by atomic mass is 10.2. The molecule has 0 radical (unpaired) electrons. The van der Waals surface area contributed by atoms with Gasteiger partial charge in [0.25, 0.3) is 5.69 Å². The maximum absolute atomic E-state index is 12.9. The molecule has 4 rings (SSSR count). The minimum absolute atomic E-state index is 0.0131. The maximum atomic E-state index is 12.9. The number of carbonyl (C=O) groups excluding carboxylic acids is 1. The summed E-state index contributed by atoms with van der Waals surface area (Å²) in [5.41, 5.74) is 0.111. The number of nitro groups is 1. The summed E-state index contributed by atoms with van der Waals surface area (Å²) in [4.78, 5) is 35.6. The summed E-state index contributed by atoms with van der Waals surface area (Å²) in [6, 6.07) is 15.5. The first kappa shape index (κ1) is 18.9. The van der Waals surface area contributed by atoms with Gasteiger partial charge in [0.1, 0.15) is 5.58 Å². The molecule has 0 N–H and O–H groups in total. The van der Waals surface area contributed by atoms with Crippen LogP contribution in [0.15, 0.2) is 86.6 Å². The van der Waals surface area contributed by atoms with Crippen molar-refractivity contribution < 1.29 is 23.3 Å². The average Bonchev–Trinajstić information content (AvgIpc) is 3.29. The highest BCUT2D eigenvalue weighted by atomic mass is 16.6. The number of carbonyl (C=O) groups is 1. The van der Waals surface area contributed by atoms with Crippen LogP contribution in [0.2, 0.25) is 0 Å². The van der Waals surface area contributed by atoms with Gasteiger partial charge in [0.05, 0.1) is 16.6 Å². The van der Waals surface area contributed by atoms with Crippen LogP contribution in [0.4, 0.5) is 5.69 Å². The van der Waals surface area contributed by atoms with Crippen LogP contribution in [-0.4, -0.2) is 10.9 Å². The van der Waals surface area contributed by atoms with Gasteiger partial charge in [-0.1, -0.05) is 24.3 Å². The summed E-state index contributed by atoms with van der Waals surface area (Å²) < 4.78 is 16.3. The van der Waals surface area contributed by atoms with Crippen LogP contribution in [0.3, 0.4) is 0 Å². The number of benzene rings is 2. The van der Waals surface area contributed by atoms with Gasteiger partial charge in [-0.2, -0.15) is 0 Å². The Balaban J connectivity index is 1.69. The topological polar surface area (TPSA) is 113 Å². The molecule has 0 spiro atoms. The lowest BCUT2D eigenvalue weighted by Crippen LogP contribution is -2.14. The van der Waals surface area contributed by atoms with Crippen LogP contribution in [0, 0.1) is 10.1 Å². The molecule has 0 amide bonds. The Morgan fingerprint density at radius 2 is 1.90 bits per heavy atom. The third-order valence-corrected chi connectivity index (χ3v) is 4.20. The third-order valence-electron chi connectivity index (χ3n) is 4.20. The van der Waals surface area contributed by atoms with Crippen molar-refractivity contribution in [1.82, 2.24) is 0 Å². The second-order valence-electron chi connectivity index (χ2n) is 6.17. The summed E-state index contributed by atoms with van der Waals surface area (Å²) in [7, 11) is 0. The summed E-state index contributed by atoms with van der Waals surface area (Å²) >= 11 is 0. The summed E-state index contributed by atoms with van der Waals surface area (Å²) in [5, 5.41) is 11.1. The van der Waals surface area contributed by atoms with Crippen LogP contribution in [0.5, 0.6) is 5.75 Å². The van der Waals surface area contributed by atoms with E-state index in [9.17, 15) is 19.7 Å². The van der Waals surface area contributed by atoms with Gasteiger partial charge in [0, 0.05) is 18.2 Å². The van der Waals surface area contributed by atoms with Gasteiger partial charge in [0.15, 0.2) is 5.76 Å². The number of ether oxygens (including phenoxy) is 1. The largest absolute Gasteiger partial charge is 0.461 e. The van der Waals surface area contributed by atoms with E-state index in [1.165, 1.54) is 30.5 Å². The minimum atomic E-state index is -0.850. The number of nitrogens with zero attached hydrogens (tertiary/aromatic N) is 1. The number of fused-ring (bicyclic) bond motifs is 1. The van der Waals surface area contributed by atoms with E-state index < -0.39 is 16.3 Å². The van der Waals surface area contributed by atoms with Crippen LogP contribution in [-0.2, 0) is 4.79 Å². The molecule has 2 aromatic heterocycles. The molecule has 2 heterocycles. The summed E-state index contributed by atoms with van der Waals surface area (Å²) in [6.45, 7) is 0.